The van der Waals surface area contributed by atoms with E-state index in [0.29, 0.717) is 12.1 Å². The lowest BCUT2D eigenvalue weighted by Gasteiger charge is -2.12. The molecule has 4 rings (SSSR count). The van der Waals surface area contributed by atoms with Crippen molar-refractivity contribution in [2.75, 3.05) is 12.4 Å². The summed E-state index contributed by atoms with van der Waals surface area (Å²) in [7, 11) is -1.93. The number of halogens is 1. The molecule has 31 heavy (non-hydrogen) atoms. The van der Waals surface area contributed by atoms with E-state index >= 15 is 0 Å². The van der Waals surface area contributed by atoms with Crippen LogP contribution in [0.5, 0.6) is 0 Å². The highest BCUT2D eigenvalue weighted by Gasteiger charge is 2.21. The lowest BCUT2D eigenvalue weighted by Crippen LogP contribution is -2.12. The van der Waals surface area contributed by atoms with E-state index in [-0.39, 0.29) is 17.3 Å². The molecule has 4 aromatic rings. The standard InChI is InChI=1S/C23H24N4O2S.ClH/c1-16-6-9-22(17(2)11-16)26-19-7-8-21-18(13-24-3)15-27(23(21)12-19)30(28,29)20-5-4-10-25-14-20;/h4-12,14-15,24,26H,13H2,1-3H3;1H. The number of aryl methyl sites for hydroxylation is 2. The number of nitrogens with zero attached hydrogens (tertiary/aromatic N) is 2. The first-order valence-corrected chi connectivity index (χ1v) is 11.1. The molecule has 0 aliphatic carbocycles. The smallest absolute Gasteiger partial charge is 0.269 e. The molecular weight excluding hydrogens is 432 g/mol. The Morgan fingerprint density at radius 3 is 2.55 bits per heavy atom. The van der Waals surface area contributed by atoms with Gasteiger partial charge in [0.1, 0.15) is 4.90 Å². The van der Waals surface area contributed by atoms with Gasteiger partial charge in [0, 0.05) is 41.9 Å². The average molecular weight is 457 g/mol. The molecule has 0 radical (unpaired) electrons. The molecule has 2 heterocycles. The average Bonchev–Trinajstić information content (AvgIpc) is 3.10. The van der Waals surface area contributed by atoms with Crippen molar-refractivity contribution in [3.8, 4) is 0 Å². The highest BCUT2D eigenvalue weighted by molar-refractivity contribution is 7.90. The van der Waals surface area contributed by atoms with Crippen LogP contribution in [0.1, 0.15) is 16.7 Å². The molecule has 0 saturated carbocycles. The van der Waals surface area contributed by atoms with Gasteiger partial charge in [-0.1, -0.05) is 23.8 Å². The summed E-state index contributed by atoms with van der Waals surface area (Å²) in [6.07, 6.45) is 4.62. The van der Waals surface area contributed by atoms with Crippen LogP contribution in [0.2, 0.25) is 0 Å². The van der Waals surface area contributed by atoms with Gasteiger partial charge in [-0.25, -0.2) is 12.4 Å². The molecule has 0 unspecified atom stereocenters. The second-order valence-electron chi connectivity index (χ2n) is 7.35. The van der Waals surface area contributed by atoms with Crippen molar-refractivity contribution >= 4 is 44.7 Å². The van der Waals surface area contributed by atoms with E-state index in [2.05, 4.69) is 41.6 Å². The van der Waals surface area contributed by atoms with Gasteiger partial charge in [0.2, 0.25) is 0 Å². The second-order valence-corrected chi connectivity index (χ2v) is 9.16. The summed E-state index contributed by atoms with van der Waals surface area (Å²) in [6, 6.07) is 15.2. The van der Waals surface area contributed by atoms with Crippen LogP contribution in [0.15, 0.2) is 72.0 Å². The molecule has 162 valence electrons. The third kappa shape index (κ3) is 4.44. The van der Waals surface area contributed by atoms with Crippen LogP contribution < -0.4 is 10.6 Å². The molecule has 2 N–H and O–H groups in total. The van der Waals surface area contributed by atoms with Gasteiger partial charge in [0.05, 0.1) is 5.52 Å². The Bertz CT molecular complexity index is 1320. The molecule has 8 heteroatoms. The van der Waals surface area contributed by atoms with E-state index in [1.54, 1.807) is 24.5 Å². The number of nitrogens with one attached hydrogen (secondary N) is 2. The van der Waals surface area contributed by atoms with Crippen LogP contribution >= 0.6 is 12.4 Å². The number of fused-ring (bicyclic) bond motifs is 1. The van der Waals surface area contributed by atoms with Crippen molar-refractivity contribution in [1.29, 1.82) is 0 Å². The normalized spacial score (nSPS) is 11.3. The quantitative estimate of drug-likeness (QED) is 0.437. The van der Waals surface area contributed by atoms with Gasteiger partial charge in [-0.3, -0.25) is 4.98 Å². The van der Waals surface area contributed by atoms with Gasteiger partial charge >= 0.3 is 0 Å². The van der Waals surface area contributed by atoms with Crippen molar-refractivity contribution in [3.63, 3.8) is 0 Å². The highest BCUT2D eigenvalue weighted by atomic mass is 35.5. The number of rotatable bonds is 6. The second kappa shape index (κ2) is 9.09. The van der Waals surface area contributed by atoms with Gasteiger partial charge in [0.25, 0.3) is 10.0 Å². The van der Waals surface area contributed by atoms with Crippen molar-refractivity contribution in [2.24, 2.45) is 0 Å². The van der Waals surface area contributed by atoms with Gasteiger partial charge in [0.15, 0.2) is 0 Å². The van der Waals surface area contributed by atoms with Crippen LogP contribution in [-0.4, -0.2) is 24.4 Å². The number of benzene rings is 2. The summed E-state index contributed by atoms with van der Waals surface area (Å²) in [5.41, 5.74) is 5.68. The van der Waals surface area contributed by atoms with E-state index in [1.807, 2.05) is 31.3 Å². The van der Waals surface area contributed by atoms with Crippen LogP contribution in [-0.2, 0) is 16.6 Å². The van der Waals surface area contributed by atoms with Gasteiger partial charge < -0.3 is 10.6 Å². The van der Waals surface area contributed by atoms with Crippen LogP contribution in [0.3, 0.4) is 0 Å². The molecule has 0 aliphatic rings. The van der Waals surface area contributed by atoms with Crippen LogP contribution in [0.4, 0.5) is 11.4 Å². The van der Waals surface area contributed by atoms with E-state index in [9.17, 15) is 8.42 Å². The Morgan fingerprint density at radius 2 is 1.87 bits per heavy atom. The molecule has 2 aromatic heterocycles. The molecule has 0 aliphatic heterocycles. The van der Waals surface area contributed by atoms with Crippen molar-refractivity contribution < 1.29 is 8.42 Å². The SMILES string of the molecule is CNCc1cn(S(=O)(=O)c2cccnc2)c2cc(Nc3ccc(C)cc3C)ccc12.Cl. The fourth-order valence-corrected chi connectivity index (χ4v) is 4.94. The molecule has 2 aromatic carbocycles. The topological polar surface area (TPSA) is 76.0 Å². The molecule has 0 saturated heterocycles. The van der Waals surface area contributed by atoms with E-state index in [0.717, 1.165) is 27.9 Å². The largest absolute Gasteiger partial charge is 0.355 e. The lowest BCUT2D eigenvalue weighted by atomic mass is 10.1. The Morgan fingerprint density at radius 1 is 1.06 bits per heavy atom. The zero-order valence-corrected chi connectivity index (χ0v) is 19.2. The highest BCUT2D eigenvalue weighted by Crippen LogP contribution is 2.30. The minimum Gasteiger partial charge on any atom is -0.355 e. The fraction of sp³-hybridized carbons (Fsp3) is 0.174. The molecule has 0 fully saturated rings. The van der Waals surface area contributed by atoms with E-state index in [1.165, 1.54) is 15.7 Å². The molecule has 0 amide bonds. The molecule has 0 spiro atoms. The first-order valence-electron chi connectivity index (χ1n) is 9.68. The number of hydrogen-bond acceptors (Lipinski definition) is 5. The number of hydrogen-bond donors (Lipinski definition) is 2. The Balaban J connectivity index is 0.00000272. The minimum absolute atomic E-state index is 0. The maximum Gasteiger partial charge on any atom is 0.269 e. The monoisotopic (exact) mass is 456 g/mol. The van der Waals surface area contributed by atoms with Crippen molar-refractivity contribution in [2.45, 2.75) is 25.3 Å². The van der Waals surface area contributed by atoms with E-state index < -0.39 is 10.0 Å². The minimum atomic E-state index is -3.77. The van der Waals surface area contributed by atoms with Gasteiger partial charge in [-0.2, -0.15) is 0 Å². The summed E-state index contributed by atoms with van der Waals surface area (Å²) >= 11 is 0. The predicted octanol–water partition coefficient (Wildman–Crippen LogP) is 4.77. The molecule has 0 bridgehead atoms. The van der Waals surface area contributed by atoms with Gasteiger partial charge in [-0.05, 0) is 62.4 Å². The summed E-state index contributed by atoms with van der Waals surface area (Å²) in [5.74, 6) is 0. The van der Waals surface area contributed by atoms with Crippen molar-refractivity contribution in [1.82, 2.24) is 14.3 Å². The van der Waals surface area contributed by atoms with E-state index in [4.69, 9.17) is 0 Å². The maximum absolute atomic E-state index is 13.3. The third-order valence-electron chi connectivity index (χ3n) is 5.07. The summed E-state index contributed by atoms with van der Waals surface area (Å²) in [4.78, 5) is 4.13. The summed E-state index contributed by atoms with van der Waals surface area (Å²) in [5, 5.41) is 7.42. The lowest BCUT2D eigenvalue weighted by molar-refractivity contribution is 0.588. The zero-order valence-electron chi connectivity index (χ0n) is 17.6. The molecule has 0 atom stereocenters. The number of anilines is 2. The predicted molar refractivity (Wildman–Crippen MR) is 128 cm³/mol. The van der Waals surface area contributed by atoms with Crippen molar-refractivity contribution in [3.05, 3.63) is 83.8 Å². The molecular formula is C23H25ClN4O2S. The Hall–Kier alpha value is -2.87. The van der Waals surface area contributed by atoms with Crippen LogP contribution in [0, 0.1) is 13.8 Å². The molecule has 6 nitrogen and oxygen atoms in total. The van der Waals surface area contributed by atoms with Gasteiger partial charge in [-0.15, -0.1) is 12.4 Å². The summed E-state index contributed by atoms with van der Waals surface area (Å²) < 4.78 is 28.0. The fourth-order valence-electron chi connectivity index (χ4n) is 3.60. The number of aromatic nitrogens is 2. The first kappa shape index (κ1) is 22.8. The Labute approximate surface area is 188 Å². The zero-order chi connectivity index (χ0) is 21.3. The number of pyridine rings is 1. The third-order valence-corrected chi connectivity index (χ3v) is 6.73. The van der Waals surface area contributed by atoms with Crippen LogP contribution in [0.25, 0.3) is 10.9 Å². The summed E-state index contributed by atoms with van der Waals surface area (Å²) in [6.45, 7) is 4.67. The first-order chi connectivity index (χ1) is 14.4. The Kier molecular flexibility index (Phi) is 6.69. The maximum atomic E-state index is 13.3.